The molecule has 0 saturated heterocycles. The molecule has 0 heterocycles. The van der Waals surface area contributed by atoms with E-state index < -0.39 is 0 Å². The second-order valence-corrected chi connectivity index (χ2v) is 6.18. The molecule has 2 atom stereocenters. The van der Waals surface area contributed by atoms with Crippen LogP contribution in [0.5, 0.6) is 0 Å². The van der Waals surface area contributed by atoms with Crippen molar-refractivity contribution in [1.82, 2.24) is 0 Å². The van der Waals surface area contributed by atoms with E-state index in [-0.39, 0.29) is 23.9 Å². The number of nitrogens with two attached hydrogens (primary N) is 1. The van der Waals surface area contributed by atoms with Crippen molar-refractivity contribution in [2.24, 2.45) is 11.7 Å². The molecule has 0 spiro atoms. The second kappa shape index (κ2) is 6.64. The average Bonchev–Trinajstić information content (AvgIpc) is 2.96. The standard InChI is InChI=1S/C19H23N.ClH/c1-15(20)16-12-13-19(14-16,17-8-4-2-5-9-17)18-10-6-3-7-11-18;/h2-11,15-16H,12-14,20H2,1H3;1H. The van der Waals surface area contributed by atoms with Crippen LogP contribution in [-0.4, -0.2) is 6.04 Å². The first-order valence-electron chi connectivity index (χ1n) is 7.59. The molecular weight excluding hydrogens is 278 g/mol. The maximum Gasteiger partial charge on any atom is 0.0206 e. The Kier molecular flexibility index (Phi) is 5.08. The van der Waals surface area contributed by atoms with Crippen LogP contribution in [0.15, 0.2) is 60.7 Å². The third-order valence-electron chi connectivity index (χ3n) is 4.95. The smallest absolute Gasteiger partial charge is 0.0206 e. The van der Waals surface area contributed by atoms with Gasteiger partial charge in [-0.25, -0.2) is 0 Å². The molecule has 21 heavy (non-hydrogen) atoms. The molecule has 2 aromatic rings. The van der Waals surface area contributed by atoms with Gasteiger partial charge in [-0.1, -0.05) is 60.7 Å². The van der Waals surface area contributed by atoms with Gasteiger partial charge < -0.3 is 5.73 Å². The molecule has 2 aromatic carbocycles. The molecule has 2 heteroatoms. The highest BCUT2D eigenvalue weighted by Gasteiger charge is 2.42. The summed E-state index contributed by atoms with van der Waals surface area (Å²) in [5.41, 5.74) is 9.21. The molecule has 112 valence electrons. The Morgan fingerprint density at radius 3 is 1.81 bits per heavy atom. The van der Waals surface area contributed by atoms with Gasteiger partial charge in [0.1, 0.15) is 0 Å². The normalized spacial score (nSPS) is 21.5. The van der Waals surface area contributed by atoms with Crippen molar-refractivity contribution >= 4 is 12.4 Å². The quantitative estimate of drug-likeness (QED) is 0.885. The molecule has 0 aromatic heterocycles. The van der Waals surface area contributed by atoms with E-state index in [0.29, 0.717) is 5.92 Å². The first-order valence-corrected chi connectivity index (χ1v) is 7.59. The zero-order valence-electron chi connectivity index (χ0n) is 12.5. The molecule has 0 bridgehead atoms. The van der Waals surface area contributed by atoms with Crippen molar-refractivity contribution in [3.05, 3.63) is 71.8 Å². The van der Waals surface area contributed by atoms with Gasteiger partial charge in [0, 0.05) is 11.5 Å². The van der Waals surface area contributed by atoms with Crippen molar-refractivity contribution in [2.75, 3.05) is 0 Å². The van der Waals surface area contributed by atoms with Crippen molar-refractivity contribution in [3.63, 3.8) is 0 Å². The highest BCUT2D eigenvalue weighted by Crippen LogP contribution is 2.49. The summed E-state index contributed by atoms with van der Waals surface area (Å²) in [7, 11) is 0. The number of hydrogen-bond donors (Lipinski definition) is 1. The van der Waals surface area contributed by atoms with E-state index in [1.165, 1.54) is 30.4 Å². The lowest BCUT2D eigenvalue weighted by Gasteiger charge is -2.31. The number of rotatable bonds is 3. The van der Waals surface area contributed by atoms with Gasteiger partial charge in [-0.2, -0.15) is 0 Å². The largest absolute Gasteiger partial charge is 0.328 e. The van der Waals surface area contributed by atoms with Crippen molar-refractivity contribution in [3.8, 4) is 0 Å². The molecule has 2 N–H and O–H groups in total. The molecule has 2 unspecified atom stereocenters. The predicted octanol–water partition coefficient (Wildman–Crippen LogP) is 4.54. The first kappa shape index (κ1) is 16.1. The summed E-state index contributed by atoms with van der Waals surface area (Å²) in [5.74, 6) is 0.621. The second-order valence-electron chi connectivity index (χ2n) is 6.18. The summed E-state index contributed by atoms with van der Waals surface area (Å²) in [5, 5.41) is 0. The van der Waals surface area contributed by atoms with Crippen molar-refractivity contribution < 1.29 is 0 Å². The molecule has 0 radical (unpaired) electrons. The Balaban J connectivity index is 0.00000161. The Hall–Kier alpha value is -1.31. The summed E-state index contributed by atoms with van der Waals surface area (Å²) in [4.78, 5) is 0. The highest BCUT2D eigenvalue weighted by atomic mass is 35.5. The SMILES string of the molecule is CC(N)C1CCC(c2ccccc2)(c2ccccc2)C1.Cl. The van der Waals surface area contributed by atoms with Gasteiger partial charge in [0.05, 0.1) is 0 Å². The molecule has 1 saturated carbocycles. The zero-order chi connectivity index (χ0) is 14.0. The fourth-order valence-electron chi connectivity index (χ4n) is 3.74. The molecule has 0 aliphatic heterocycles. The van der Waals surface area contributed by atoms with Gasteiger partial charge in [0.25, 0.3) is 0 Å². The van der Waals surface area contributed by atoms with E-state index in [2.05, 4.69) is 67.6 Å². The highest BCUT2D eigenvalue weighted by molar-refractivity contribution is 5.85. The lowest BCUT2D eigenvalue weighted by Crippen LogP contribution is -2.29. The van der Waals surface area contributed by atoms with Crippen LogP contribution in [0.4, 0.5) is 0 Å². The topological polar surface area (TPSA) is 26.0 Å². The molecule has 1 aliphatic carbocycles. The number of hydrogen-bond acceptors (Lipinski definition) is 1. The van der Waals surface area contributed by atoms with E-state index in [4.69, 9.17) is 5.73 Å². The summed E-state index contributed by atoms with van der Waals surface area (Å²) in [6, 6.07) is 22.2. The van der Waals surface area contributed by atoms with Crippen LogP contribution in [0.1, 0.15) is 37.3 Å². The van der Waals surface area contributed by atoms with Gasteiger partial charge in [-0.15, -0.1) is 12.4 Å². The zero-order valence-corrected chi connectivity index (χ0v) is 13.4. The molecule has 1 aliphatic rings. The van der Waals surface area contributed by atoms with Crippen LogP contribution in [0.3, 0.4) is 0 Å². The van der Waals surface area contributed by atoms with E-state index >= 15 is 0 Å². The number of benzene rings is 2. The Bertz CT molecular complexity index is 511. The molecule has 3 rings (SSSR count). The molecule has 0 amide bonds. The maximum absolute atomic E-state index is 6.17. The minimum absolute atomic E-state index is 0. The summed E-state index contributed by atoms with van der Waals surface area (Å²) < 4.78 is 0. The van der Waals surface area contributed by atoms with E-state index in [9.17, 15) is 0 Å². The van der Waals surface area contributed by atoms with Gasteiger partial charge in [-0.05, 0) is 43.2 Å². The molecular formula is C19H24ClN. The van der Waals surface area contributed by atoms with Gasteiger partial charge in [0.15, 0.2) is 0 Å². The Morgan fingerprint density at radius 2 is 1.43 bits per heavy atom. The van der Waals surface area contributed by atoms with Crippen LogP contribution in [-0.2, 0) is 5.41 Å². The monoisotopic (exact) mass is 301 g/mol. The minimum Gasteiger partial charge on any atom is -0.328 e. The third kappa shape index (κ3) is 3.00. The van der Waals surface area contributed by atoms with Crippen LogP contribution in [0.25, 0.3) is 0 Å². The average molecular weight is 302 g/mol. The van der Waals surface area contributed by atoms with Crippen LogP contribution in [0, 0.1) is 5.92 Å². The summed E-state index contributed by atoms with van der Waals surface area (Å²) >= 11 is 0. The van der Waals surface area contributed by atoms with E-state index in [1.54, 1.807) is 0 Å². The third-order valence-corrected chi connectivity index (χ3v) is 4.95. The predicted molar refractivity (Wildman–Crippen MR) is 91.9 cm³/mol. The summed E-state index contributed by atoms with van der Waals surface area (Å²) in [6.45, 7) is 2.15. The Labute approximate surface area is 134 Å². The Morgan fingerprint density at radius 1 is 0.952 bits per heavy atom. The fraction of sp³-hybridized carbons (Fsp3) is 0.368. The fourth-order valence-corrected chi connectivity index (χ4v) is 3.74. The molecule has 1 fully saturated rings. The first-order chi connectivity index (χ1) is 9.72. The number of halogens is 1. The van der Waals surface area contributed by atoms with Gasteiger partial charge in [0.2, 0.25) is 0 Å². The lowest BCUT2D eigenvalue weighted by molar-refractivity contribution is 0.426. The van der Waals surface area contributed by atoms with Crippen molar-refractivity contribution in [1.29, 1.82) is 0 Å². The minimum atomic E-state index is 0. The van der Waals surface area contributed by atoms with Gasteiger partial charge in [-0.3, -0.25) is 0 Å². The van der Waals surface area contributed by atoms with Gasteiger partial charge >= 0.3 is 0 Å². The van der Waals surface area contributed by atoms with E-state index in [1.807, 2.05) is 0 Å². The molecule has 1 nitrogen and oxygen atoms in total. The van der Waals surface area contributed by atoms with Crippen LogP contribution in [0.2, 0.25) is 0 Å². The van der Waals surface area contributed by atoms with Crippen molar-refractivity contribution in [2.45, 2.75) is 37.6 Å². The van der Waals surface area contributed by atoms with Crippen LogP contribution >= 0.6 is 12.4 Å². The van der Waals surface area contributed by atoms with E-state index in [0.717, 1.165) is 0 Å². The summed E-state index contributed by atoms with van der Waals surface area (Å²) in [6.07, 6.45) is 3.59. The van der Waals surface area contributed by atoms with Crippen LogP contribution < -0.4 is 5.73 Å². The maximum atomic E-state index is 6.17. The lowest BCUT2D eigenvalue weighted by atomic mass is 9.72.